The van der Waals surface area contributed by atoms with Crippen LogP contribution < -0.4 is 0 Å². The van der Waals surface area contributed by atoms with Crippen LogP contribution in [0.5, 0.6) is 0 Å². The molecule has 0 N–H and O–H groups in total. The average Bonchev–Trinajstić information content (AvgIpc) is 3.43. The van der Waals surface area contributed by atoms with E-state index in [1.807, 2.05) is 36.7 Å². The second-order valence-corrected chi connectivity index (χ2v) is 8.42. The van der Waals surface area contributed by atoms with E-state index in [0.717, 1.165) is 42.7 Å². The molecule has 156 valence electrons. The predicted octanol–water partition coefficient (Wildman–Crippen LogP) is 1.32. The van der Waals surface area contributed by atoms with Gasteiger partial charge in [-0.3, -0.25) is 9.59 Å². The average molecular weight is 399 g/mol. The van der Waals surface area contributed by atoms with Gasteiger partial charge in [0.05, 0.1) is 12.2 Å². The molecule has 0 saturated carbocycles. The van der Waals surface area contributed by atoms with Crippen molar-refractivity contribution in [2.75, 3.05) is 40.3 Å². The Bertz CT molecular complexity index is 908. The molecular formula is C21H30N6O2. The molecule has 2 saturated heterocycles. The molecular weight excluding hydrogens is 368 g/mol. The maximum Gasteiger partial charge on any atom is 0.245 e. The summed E-state index contributed by atoms with van der Waals surface area (Å²) in [5.41, 5.74) is 1.94. The highest BCUT2D eigenvalue weighted by Gasteiger charge is 2.36. The van der Waals surface area contributed by atoms with Gasteiger partial charge in [0.1, 0.15) is 6.04 Å². The van der Waals surface area contributed by atoms with Gasteiger partial charge in [0, 0.05) is 50.1 Å². The number of carbonyl (C=O) groups excluding carboxylic acids is 2. The number of pyridine rings is 1. The Morgan fingerprint density at radius 2 is 2.17 bits per heavy atom. The lowest BCUT2D eigenvalue weighted by molar-refractivity contribution is -0.142. The van der Waals surface area contributed by atoms with Crippen LogP contribution in [0.4, 0.5) is 0 Å². The van der Waals surface area contributed by atoms with Crippen molar-refractivity contribution in [2.24, 2.45) is 0 Å². The molecule has 2 aliphatic rings. The third kappa shape index (κ3) is 3.85. The summed E-state index contributed by atoms with van der Waals surface area (Å²) in [4.78, 5) is 35.3. The topological polar surface area (TPSA) is 74.6 Å². The van der Waals surface area contributed by atoms with Gasteiger partial charge in [0.25, 0.3) is 0 Å². The smallest absolute Gasteiger partial charge is 0.245 e. The van der Waals surface area contributed by atoms with Gasteiger partial charge in [-0.2, -0.15) is 5.10 Å². The van der Waals surface area contributed by atoms with E-state index in [4.69, 9.17) is 5.10 Å². The summed E-state index contributed by atoms with van der Waals surface area (Å²) in [6, 6.07) is 3.65. The van der Waals surface area contributed by atoms with E-state index in [1.165, 1.54) is 0 Å². The summed E-state index contributed by atoms with van der Waals surface area (Å²) in [6.07, 6.45) is 4.10. The summed E-state index contributed by atoms with van der Waals surface area (Å²) in [5, 5.41) is 5.97. The van der Waals surface area contributed by atoms with Gasteiger partial charge in [0.2, 0.25) is 11.8 Å². The molecule has 2 aromatic rings. The number of nitrogens with zero attached hydrogens (tertiary/aromatic N) is 6. The number of likely N-dealkylation sites (tertiary alicyclic amines) is 2. The summed E-state index contributed by atoms with van der Waals surface area (Å²) in [5.74, 6) is 0.350. The molecule has 0 aliphatic carbocycles. The van der Waals surface area contributed by atoms with Crippen molar-refractivity contribution in [3.8, 4) is 0 Å². The number of fused-ring (bicyclic) bond motifs is 1. The summed E-state index contributed by atoms with van der Waals surface area (Å²) >= 11 is 0. The van der Waals surface area contributed by atoms with Crippen LogP contribution >= 0.6 is 0 Å². The van der Waals surface area contributed by atoms with Crippen molar-refractivity contribution in [3.63, 3.8) is 0 Å². The molecule has 4 rings (SSSR count). The third-order valence-corrected chi connectivity index (χ3v) is 6.12. The quantitative estimate of drug-likeness (QED) is 0.734. The Kier molecular flexibility index (Phi) is 5.54. The van der Waals surface area contributed by atoms with Crippen LogP contribution in [0.25, 0.3) is 11.0 Å². The van der Waals surface area contributed by atoms with Crippen molar-refractivity contribution in [3.05, 3.63) is 24.0 Å². The molecule has 2 aliphatic heterocycles. The van der Waals surface area contributed by atoms with Crippen molar-refractivity contribution in [1.82, 2.24) is 29.5 Å². The largest absolute Gasteiger partial charge is 0.340 e. The van der Waals surface area contributed by atoms with Crippen molar-refractivity contribution >= 4 is 22.8 Å². The molecule has 2 unspecified atom stereocenters. The Balaban J connectivity index is 1.51. The Labute approximate surface area is 171 Å². The first-order valence-corrected chi connectivity index (χ1v) is 10.5. The zero-order chi connectivity index (χ0) is 20.5. The number of amides is 2. The number of rotatable bonds is 6. The fraction of sp³-hybridized carbons (Fsp3) is 0.619. The Morgan fingerprint density at radius 1 is 1.34 bits per heavy atom. The predicted molar refractivity (Wildman–Crippen MR) is 110 cm³/mol. The van der Waals surface area contributed by atoms with Crippen LogP contribution in [0.15, 0.2) is 18.3 Å². The lowest BCUT2D eigenvalue weighted by atomic mass is 10.0. The minimum absolute atomic E-state index is 0.0530. The highest BCUT2D eigenvalue weighted by atomic mass is 16.2. The number of likely N-dealkylation sites (N-methyl/N-ethyl adjacent to an activating group) is 1. The van der Waals surface area contributed by atoms with Crippen LogP contribution in [-0.2, 0) is 16.1 Å². The number of hydrogen-bond donors (Lipinski definition) is 0. The molecule has 2 atom stereocenters. The van der Waals surface area contributed by atoms with Gasteiger partial charge in [-0.15, -0.1) is 0 Å². The van der Waals surface area contributed by atoms with Gasteiger partial charge < -0.3 is 14.7 Å². The number of aromatic nitrogens is 3. The van der Waals surface area contributed by atoms with Crippen molar-refractivity contribution in [2.45, 2.75) is 44.7 Å². The maximum atomic E-state index is 13.0. The van der Waals surface area contributed by atoms with Gasteiger partial charge >= 0.3 is 0 Å². The van der Waals surface area contributed by atoms with Crippen LogP contribution in [0, 0.1) is 0 Å². The van der Waals surface area contributed by atoms with E-state index >= 15 is 0 Å². The van der Waals surface area contributed by atoms with Crippen LogP contribution in [-0.4, -0.2) is 87.6 Å². The lowest BCUT2D eigenvalue weighted by Gasteiger charge is -2.27. The first-order chi connectivity index (χ1) is 14.0. The molecule has 8 nitrogen and oxygen atoms in total. The monoisotopic (exact) mass is 398 g/mol. The molecule has 0 bridgehead atoms. The van der Waals surface area contributed by atoms with Gasteiger partial charge in [-0.1, -0.05) is 0 Å². The van der Waals surface area contributed by atoms with E-state index in [1.54, 1.807) is 11.1 Å². The van der Waals surface area contributed by atoms with Crippen LogP contribution in [0.3, 0.4) is 0 Å². The van der Waals surface area contributed by atoms with E-state index in [0.29, 0.717) is 26.1 Å². The molecule has 29 heavy (non-hydrogen) atoms. The molecule has 0 spiro atoms. The fourth-order valence-electron chi connectivity index (χ4n) is 4.45. The van der Waals surface area contributed by atoms with Gasteiger partial charge in [-0.25, -0.2) is 9.67 Å². The normalized spacial score (nSPS) is 21.0. The Hall–Kier alpha value is -2.48. The zero-order valence-corrected chi connectivity index (χ0v) is 17.5. The second kappa shape index (κ2) is 8.10. The summed E-state index contributed by atoms with van der Waals surface area (Å²) < 4.78 is 1.99. The van der Waals surface area contributed by atoms with Gasteiger partial charge in [0.15, 0.2) is 5.65 Å². The first kappa shape index (κ1) is 19.8. The minimum atomic E-state index is -0.375. The number of hydrogen-bond acceptors (Lipinski definition) is 5. The fourth-order valence-corrected chi connectivity index (χ4v) is 4.45. The standard InChI is InChI=1S/C21H30N6O2/c1-15(26-10-5-7-18(26)28)21(29)25-11-8-16(14-25)19-17-6-4-9-22-20(17)27(23-19)13-12-24(2)3/h4,6,9,15-16H,5,7-8,10-14H2,1-3H3. The molecule has 0 radical (unpaired) electrons. The van der Waals surface area contributed by atoms with Crippen molar-refractivity contribution < 1.29 is 9.59 Å². The molecule has 2 amide bonds. The van der Waals surface area contributed by atoms with Crippen LogP contribution in [0.1, 0.15) is 37.8 Å². The van der Waals surface area contributed by atoms with Crippen LogP contribution in [0.2, 0.25) is 0 Å². The minimum Gasteiger partial charge on any atom is -0.340 e. The van der Waals surface area contributed by atoms with Gasteiger partial charge in [-0.05, 0) is 46.0 Å². The third-order valence-electron chi connectivity index (χ3n) is 6.12. The summed E-state index contributed by atoms with van der Waals surface area (Å²) in [7, 11) is 4.10. The maximum absolute atomic E-state index is 13.0. The molecule has 8 heteroatoms. The molecule has 2 aromatic heterocycles. The highest BCUT2D eigenvalue weighted by molar-refractivity contribution is 5.88. The SMILES string of the molecule is CC(C(=O)N1CCC(c2nn(CCN(C)C)c3ncccc23)C1)N1CCCC1=O. The van der Waals surface area contributed by atoms with E-state index < -0.39 is 0 Å². The van der Waals surface area contributed by atoms with Crippen molar-refractivity contribution in [1.29, 1.82) is 0 Å². The molecule has 0 aromatic carbocycles. The Morgan fingerprint density at radius 3 is 2.90 bits per heavy atom. The molecule has 2 fully saturated rings. The summed E-state index contributed by atoms with van der Waals surface area (Å²) in [6.45, 7) is 5.58. The highest BCUT2D eigenvalue weighted by Crippen LogP contribution is 2.32. The second-order valence-electron chi connectivity index (χ2n) is 8.42. The van der Waals surface area contributed by atoms with E-state index in [9.17, 15) is 9.59 Å². The zero-order valence-electron chi connectivity index (χ0n) is 17.5. The van der Waals surface area contributed by atoms with E-state index in [2.05, 4.69) is 16.0 Å². The van der Waals surface area contributed by atoms with E-state index in [-0.39, 0.29) is 23.8 Å². The first-order valence-electron chi connectivity index (χ1n) is 10.5. The lowest BCUT2D eigenvalue weighted by Crippen LogP contribution is -2.46. The molecule has 4 heterocycles. The number of carbonyl (C=O) groups is 2.